The molecule has 2 heterocycles. The lowest BCUT2D eigenvalue weighted by Gasteiger charge is -2.19. The molecule has 0 aliphatic carbocycles. The van der Waals surface area contributed by atoms with Crippen molar-refractivity contribution in [3.05, 3.63) is 23.7 Å². The third-order valence-electron chi connectivity index (χ3n) is 2.54. The van der Waals surface area contributed by atoms with Gasteiger partial charge in [0.2, 0.25) is 0 Å². The van der Waals surface area contributed by atoms with Gasteiger partial charge in [0, 0.05) is 24.7 Å². The molecule has 17 heavy (non-hydrogen) atoms. The number of pyridine rings is 1. The van der Waals surface area contributed by atoms with E-state index in [2.05, 4.69) is 47.1 Å². The highest BCUT2D eigenvalue weighted by molar-refractivity contribution is 5.70. The molecule has 0 radical (unpaired) electrons. The Balaban J connectivity index is 2.05. The van der Waals surface area contributed by atoms with Crippen molar-refractivity contribution in [2.24, 2.45) is 0 Å². The number of H-pyrrole nitrogens is 1. The number of hydrogen-bond acceptors (Lipinski definition) is 3. The van der Waals surface area contributed by atoms with Gasteiger partial charge in [0.05, 0.1) is 5.52 Å². The molecule has 0 saturated carbocycles. The van der Waals surface area contributed by atoms with Crippen molar-refractivity contribution < 1.29 is 0 Å². The third kappa shape index (κ3) is 3.27. The van der Waals surface area contributed by atoms with E-state index in [0.717, 1.165) is 35.5 Å². The van der Waals surface area contributed by atoms with E-state index in [9.17, 15) is 0 Å². The number of aryl methyl sites for hydroxylation is 1. The number of fused-ring (bicyclic) bond motifs is 1. The number of aromatic nitrogens is 3. The fourth-order valence-corrected chi connectivity index (χ4v) is 1.73. The van der Waals surface area contributed by atoms with Crippen LogP contribution in [0.1, 0.15) is 32.2 Å². The molecule has 2 N–H and O–H groups in total. The van der Waals surface area contributed by atoms with Crippen molar-refractivity contribution in [3.8, 4) is 0 Å². The summed E-state index contributed by atoms with van der Waals surface area (Å²) in [4.78, 5) is 12.1. The third-order valence-corrected chi connectivity index (χ3v) is 2.54. The van der Waals surface area contributed by atoms with Crippen LogP contribution in [0.15, 0.2) is 12.3 Å². The van der Waals surface area contributed by atoms with Gasteiger partial charge in [-0.25, -0.2) is 9.97 Å². The molecule has 0 spiro atoms. The first-order valence-corrected chi connectivity index (χ1v) is 6.00. The van der Waals surface area contributed by atoms with Crippen LogP contribution in [0.3, 0.4) is 0 Å². The van der Waals surface area contributed by atoms with Crippen LogP contribution in [0.2, 0.25) is 0 Å². The van der Waals surface area contributed by atoms with E-state index < -0.39 is 0 Å². The summed E-state index contributed by atoms with van der Waals surface area (Å²) < 4.78 is 0. The van der Waals surface area contributed by atoms with Gasteiger partial charge in [-0.1, -0.05) is 0 Å². The molecular weight excluding hydrogens is 212 g/mol. The number of hydrogen-bond donors (Lipinski definition) is 2. The van der Waals surface area contributed by atoms with Gasteiger partial charge < -0.3 is 10.3 Å². The molecule has 0 saturated heterocycles. The maximum absolute atomic E-state index is 4.47. The first kappa shape index (κ1) is 12.0. The Kier molecular flexibility index (Phi) is 3.15. The number of aromatic amines is 1. The lowest BCUT2D eigenvalue weighted by Crippen LogP contribution is -2.37. The molecular formula is C13H20N4. The summed E-state index contributed by atoms with van der Waals surface area (Å²) in [6.45, 7) is 9.44. The zero-order valence-corrected chi connectivity index (χ0v) is 11.0. The van der Waals surface area contributed by atoms with Crippen LogP contribution >= 0.6 is 0 Å². The molecule has 0 aliphatic rings. The Morgan fingerprint density at radius 2 is 2.12 bits per heavy atom. The number of nitrogens with one attached hydrogen (secondary N) is 2. The average Bonchev–Trinajstić information content (AvgIpc) is 2.57. The highest BCUT2D eigenvalue weighted by Crippen LogP contribution is 2.10. The molecule has 4 nitrogen and oxygen atoms in total. The van der Waals surface area contributed by atoms with Crippen LogP contribution in [0.4, 0.5) is 0 Å². The highest BCUT2D eigenvalue weighted by Gasteiger charge is 2.09. The smallest absolute Gasteiger partial charge is 0.177 e. The summed E-state index contributed by atoms with van der Waals surface area (Å²) in [6, 6.07) is 2.08. The molecule has 0 bridgehead atoms. The Morgan fingerprint density at radius 1 is 1.35 bits per heavy atom. The summed E-state index contributed by atoms with van der Waals surface area (Å²) in [7, 11) is 0. The highest BCUT2D eigenvalue weighted by atomic mass is 15.0. The van der Waals surface area contributed by atoms with Crippen LogP contribution in [0.5, 0.6) is 0 Å². The van der Waals surface area contributed by atoms with Gasteiger partial charge in [-0.15, -0.1) is 0 Å². The van der Waals surface area contributed by atoms with Crippen LogP contribution in [-0.2, 0) is 6.42 Å². The van der Waals surface area contributed by atoms with Crippen molar-refractivity contribution in [2.75, 3.05) is 6.54 Å². The Hall–Kier alpha value is -1.42. The normalized spacial score (nSPS) is 12.2. The SMILES string of the molecule is Cc1cnc2nc(CCNC(C)(C)C)[nH]c2c1. The Labute approximate surface area is 102 Å². The lowest BCUT2D eigenvalue weighted by molar-refractivity contribution is 0.428. The van der Waals surface area contributed by atoms with E-state index in [4.69, 9.17) is 0 Å². The fourth-order valence-electron chi connectivity index (χ4n) is 1.73. The minimum atomic E-state index is 0.154. The van der Waals surface area contributed by atoms with E-state index in [1.54, 1.807) is 0 Å². The monoisotopic (exact) mass is 232 g/mol. The fraction of sp³-hybridized carbons (Fsp3) is 0.538. The van der Waals surface area contributed by atoms with Crippen molar-refractivity contribution in [1.29, 1.82) is 0 Å². The molecule has 0 atom stereocenters. The van der Waals surface area contributed by atoms with E-state index >= 15 is 0 Å². The molecule has 4 heteroatoms. The van der Waals surface area contributed by atoms with Gasteiger partial charge in [0.25, 0.3) is 0 Å². The number of imidazole rings is 1. The quantitative estimate of drug-likeness (QED) is 0.853. The minimum Gasteiger partial charge on any atom is -0.341 e. The van der Waals surface area contributed by atoms with Crippen LogP contribution in [0, 0.1) is 6.92 Å². The molecule has 2 aromatic heterocycles. The van der Waals surface area contributed by atoms with Crippen LogP contribution in [0.25, 0.3) is 11.2 Å². The minimum absolute atomic E-state index is 0.154. The zero-order chi connectivity index (χ0) is 12.5. The van der Waals surface area contributed by atoms with Crippen molar-refractivity contribution >= 4 is 11.2 Å². The summed E-state index contributed by atoms with van der Waals surface area (Å²) in [6.07, 6.45) is 2.74. The predicted octanol–water partition coefficient (Wildman–Crippen LogP) is 2.20. The van der Waals surface area contributed by atoms with Crippen molar-refractivity contribution in [1.82, 2.24) is 20.3 Å². The largest absolute Gasteiger partial charge is 0.341 e. The molecule has 0 aliphatic heterocycles. The molecule has 0 aromatic carbocycles. The molecule has 0 amide bonds. The first-order valence-electron chi connectivity index (χ1n) is 6.00. The Bertz CT molecular complexity index is 508. The summed E-state index contributed by atoms with van der Waals surface area (Å²) in [5.74, 6) is 0.995. The topological polar surface area (TPSA) is 53.6 Å². The Morgan fingerprint density at radius 3 is 2.82 bits per heavy atom. The summed E-state index contributed by atoms with van der Waals surface area (Å²) in [5.41, 5.74) is 3.14. The number of nitrogens with zero attached hydrogens (tertiary/aromatic N) is 2. The van der Waals surface area contributed by atoms with E-state index in [0.29, 0.717) is 0 Å². The second-order valence-electron chi connectivity index (χ2n) is 5.49. The molecule has 0 unspecified atom stereocenters. The van der Waals surface area contributed by atoms with E-state index in [-0.39, 0.29) is 5.54 Å². The van der Waals surface area contributed by atoms with E-state index in [1.807, 2.05) is 13.1 Å². The first-order chi connectivity index (χ1) is 7.94. The van der Waals surface area contributed by atoms with Gasteiger partial charge in [0.15, 0.2) is 5.65 Å². The lowest BCUT2D eigenvalue weighted by atomic mass is 10.1. The number of rotatable bonds is 3. The second kappa shape index (κ2) is 4.45. The molecule has 92 valence electrons. The average molecular weight is 232 g/mol. The summed E-state index contributed by atoms with van der Waals surface area (Å²) in [5, 5.41) is 3.45. The van der Waals surface area contributed by atoms with E-state index in [1.165, 1.54) is 0 Å². The standard InChI is InChI=1S/C13H20N4/c1-9-7-10-12(14-8-9)17-11(16-10)5-6-15-13(2,3)4/h7-8,15H,5-6H2,1-4H3,(H,14,16,17). The predicted molar refractivity (Wildman–Crippen MR) is 70.1 cm³/mol. The van der Waals surface area contributed by atoms with Crippen molar-refractivity contribution in [3.63, 3.8) is 0 Å². The maximum Gasteiger partial charge on any atom is 0.177 e. The summed E-state index contributed by atoms with van der Waals surface area (Å²) >= 11 is 0. The molecule has 2 rings (SSSR count). The van der Waals surface area contributed by atoms with Crippen LogP contribution < -0.4 is 5.32 Å². The maximum atomic E-state index is 4.47. The molecule has 0 fully saturated rings. The second-order valence-corrected chi connectivity index (χ2v) is 5.49. The van der Waals surface area contributed by atoms with Crippen molar-refractivity contribution in [2.45, 2.75) is 39.7 Å². The molecule has 2 aromatic rings. The van der Waals surface area contributed by atoms with Gasteiger partial charge in [-0.05, 0) is 39.3 Å². The van der Waals surface area contributed by atoms with Gasteiger partial charge >= 0.3 is 0 Å². The van der Waals surface area contributed by atoms with Gasteiger partial charge in [-0.2, -0.15) is 0 Å². The zero-order valence-electron chi connectivity index (χ0n) is 11.0. The van der Waals surface area contributed by atoms with Gasteiger partial charge in [-0.3, -0.25) is 0 Å². The van der Waals surface area contributed by atoms with Crippen LogP contribution in [-0.4, -0.2) is 27.0 Å². The van der Waals surface area contributed by atoms with Gasteiger partial charge in [0.1, 0.15) is 5.82 Å².